The standard InChI is InChI=1S/C13H24FN3O/c1-6-7-17-11(10(18-5)8-16-17)13(14,9-15)12(2,3)4/h8H,6-7,9,15H2,1-5H3. The summed E-state index contributed by atoms with van der Waals surface area (Å²) in [6.45, 7) is 8.09. The lowest BCUT2D eigenvalue weighted by molar-refractivity contribution is 0.0227. The summed E-state index contributed by atoms with van der Waals surface area (Å²) in [6, 6.07) is 0. The fourth-order valence-corrected chi connectivity index (χ4v) is 2.06. The van der Waals surface area contributed by atoms with Crippen molar-refractivity contribution < 1.29 is 9.13 Å². The van der Waals surface area contributed by atoms with Gasteiger partial charge in [-0.25, -0.2) is 4.39 Å². The van der Waals surface area contributed by atoms with Crippen LogP contribution in [0.5, 0.6) is 5.75 Å². The summed E-state index contributed by atoms with van der Waals surface area (Å²) in [4.78, 5) is 0. The molecule has 1 aromatic heterocycles. The van der Waals surface area contributed by atoms with Crippen LogP contribution in [0.4, 0.5) is 4.39 Å². The molecule has 0 fully saturated rings. The number of aromatic nitrogens is 2. The van der Waals surface area contributed by atoms with Gasteiger partial charge in [-0.05, 0) is 6.42 Å². The van der Waals surface area contributed by atoms with E-state index in [2.05, 4.69) is 5.10 Å². The van der Waals surface area contributed by atoms with Gasteiger partial charge in [0, 0.05) is 18.5 Å². The monoisotopic (exact) mass is 257 g/mol. The van der Waals surface area contributed by atoms with Crippen LogP contribution in [0.3, 0.4) is 0 Å². The Kier molecular flexibility index (Phi) is 4.37. The van der Waals surface area contributed by atoms with E-state index in [0.29, 0.717) is 18.0 Å². The lowest BCUT2D eigenvalue weighted by atomic mass is 9.75. The molecule has 5 heteroatoms. The van der Waals surface area contributed by atoms with E-state index < -0.39 is 11.1 Å². The predicted octanol–water partition coefficient (Wildman–Crippen LogP) is 2.47. The molecule has 4 nitrogen and oxygen atoms in total. The molecule has 1 heterocycles. The highest BCUT2D eigenvalue weighted by molar-refractivity contribution is 5.33. The average molecular weight is 257 g/mol. The number of alkyl halides is 1. The highest BCUT2D eigenvalue weighted by atomic mass is 19.1. The van der Waals surface area contributed by atoms with Gasteiger partial charge >= 0.3 is 0 Å². The average Bonchev–Trinajstić information content (AvgIpc) is 2.70. The number of halogens is 1. The van der Waals surface area contributed by atoms with Crippen LogP contribution in [-0.2, 0) is 12.2 Å². The van der Waals surface area contributed by atoms with Gasteiger partial charge in [0.25, 0.3) is 0 Å². The molecule has 18 heavy (non-hydrogen) atoms. The summed E-state index contributed by atoms with van der Waals surface area (Å²) in [7, 11) is 1.52. The van der Waals surface area contributed by atoms with Crippen molar-refractivity contribution in [3.8, 4) is 5.75 Å². The van der Waals surface area contributed by atoms with E-state index in [1.165, 1.54) is 7.11 Å². The molecule has 0 aliphatic carbocycles. The van der Waals surface area contributed by atoms with Gasteiger partial charge in [0.1, 0.15) is 5.69 Å². The van der Waals surface area contributed by atoms with Crippen molar-refractivity contribution >= 4 is 0 Å². The number of rotatable bonds is 5. The van der Waals surface area contributed by atoms with Crippen molar-refractivity contribution in [2.45, 2.75) is 46.3 Å². The van der Waals surface area contributed by atoms with Crippen LogP contribution in [0.25, 0.3) is 0 Å². The summed E-state index contributed by atoms with van der Waals surface area (Å²) >= 11 is 0. The maximum absolute atomic E-state index is 15.4. The summed E-state index contributed by atoms with van der Waals surface area (Å²) in [5, 5.41) is 4.20. The molecule has 1 rings (SSSR count). The van der Waals surface area contributed by atoms with Crippen molar-refractivity contribution in [1.29, 1.82) is 0 Å². The maximum atomic E-state index is 15.4. The van der Waals surface area contributed by atoms with E-state index in [9.17, 15) is 0 Å². The lowest BCUT2D eigenvalue weighted by Crippen LogP contribution is -2.44. The first-order valence-corrected chi connectivity index (χ1v) is 6.31. The highest BCUT2D eigenvalue weighted by Gasteiger charge is 2.47. The summed E-state index contributed by atoms with van der Waals surface area (Å²) in [5.74, 6) is 0.464. The molecule has 0 spiro atoms. The third kappa shape index (κ3) is 2.36. The number of aryl methyl sites for hydroxylation is 1. The van der Waals surface area contributed by atoms with E-state index in [1.807, 2.05) is 27.7 Å². The van der Waals surface area contributed by atoms with Gasteiger partial charge in [0.15, 0.2) is 11.4 Å². The van der Waals surface area contributed by atoms with Gasteiger partial charge < -0.3 is 10.5 Å². The Morgan fingerprint density at radius 3 is 2.44 bits per heavy atom. The fourth-order valence-electron chi connectivity index (χ4n) is 2.06. The number of hydrogen-bond donors (Lipinski definition) is 1. The molecule has 1 aromatic rings. The number of methoxy groups -OCH3 is 1. The summed E-state index contributed by atoms with van der Waals surface area (Å²) in [6.07, 6.45) is 2.43. The topological polar surface area (TPSA) is 53.1 Å². The fraction of sp³-hybridized carbons (Fsp3) is 0.769. The van der Waals surface area contributed by atoms with Crippen LogP contribution < -0.4 is 10.5 Å². The molecule has 0 saturated heterocycles. The van der Waals surface area contributed by atoms with Gasteiger partial charge in [-0.3, -0.25) is 4.68 Å². The zero-order valence-corrected chi connectivity index (χ0v) is 12.0. The Morgan fingerprint density at radius 2 is 2.06 bits per heavy atom. The molecule has 0 aromatic carbocycles. The maximum Gasteiger partial charge on any atom is 0.172 e. The third-order valence-electron chi connectivity index (χ3n) is 3.31. The predicted molar refractivity (Wildman–Crippen MR) is 70.4 cm³/mol. The minimum absolute atomic E-state index is 0.0950. The van der Waals surface area contributed by atoms with Gasteiger partial charge in [0.2, 0.25) is 0 Å². The van der Waals surface area contributed by atoms with E-state index in [-0.39, 0.29) is 6.54 Å². The van der Waals surface area contributed by atoms with Crippen LogP contribution >= 0.6 is 0 Å². The molecule has 0 radical (unpaired) electrons. The first kappa shape index (κ1) is 15.0. The molecule has 0 saturated carbocycles. The minimum atomic E-state index is -1.66. The molecule has 1 unspecified atom stereocenters. The molecule has 104 valence electrons. The highest BCUT2D eigenvalue weighted by Crippen LogP contribution is 2.45. The first-order valence-electron chi connectivity index (χ1n) is 6.31. The van der Waals surface area contributed by atoms with Crippen molar-refractivity contribution in [1.82, 2.24) is 9.78 Å². The molecule has 2 N–H and O–H groups in total. The number of nitrogens with zero attached hydrogens (tertiary/aromatic N) is 2. The second kappa shape index (κ2) is 5.26. The van der Waals surface area contributed by atoms with Gasteiger partial charge in [0.05, 0.1) is 13.3 Å². The number of ether oxygens (including phenoxy) is 1. The van der Waals surface area contributed by atoms with Crippen molar-refractivity contribution in [3.63, 3.8) is 0 Å². The molecular formula is C13H24FN3O. The largest absolute Gasteiger partial charge is 0.493 e. The Bertz CT molecular complexity index is 397. The molecule has 0 bridgehead atoms. The number of hydrogen-bond acceptors (Lipinski definition) is 3. The molecule has 1 atom stereocenters. The summed E-state index contributed by atoms with van der Waals surface area (Å²) < 4.78 is 22.3. The minimum Gasteiger partial charge on any atom is -0.493 e. The first-order chi connectivity index (χ1) is 8.31. The van der Waals surface area contributed by atoms with Gasteiger partial charge in [-0.1, -0.05) is 27.7 Å². The third-order valence-corrected chi connectivity index (χ3v) is 3.31. The lowest BCUT2D eigenvalue weighted by Gasteiger charge is -2.37. The SMILES string of the molecule is CCCn1ncc(OC)c1C(F)(CN)C(C)(C)C. The van der Waals surface area contributed by atoms with Crippen molar-refractivity contribution in [2.75, 3.05) is 13.7 Å². The molecule has 0 aliphatic heterocycles. The van der Waals surface area contributed by atoms with E-state index >= 15 is 4.39 Å². The smallest absolute Gasteiger partial charge is 0.172 e. The normalized spacial score (nSPS) is 15.5. The Labute approximate surface area is 108 Å². The Hall–Kier alpha value is -1.10. The molecule has 0 aliphatic rings. The number of nitrogens with two attached hydrogens (primary N) is 1. The van der Waals surface area contributed by atoms with E-state index in [0.717, 1.165) is 6.42 Å². The molecule has 0 amide bonds. The zero-order chi connectivity index (χ0) is 14.0. The zero-order valence-electron chi connectivity index (χ0n) is 12.0. The quantitative estimate of drug-likeness (QED) is 0.881. The molecular weight excluding hydrogens is 233 g/mol. The van der Waals surface area contributed by atoms with Crippen LogP contribution in [-0.4, -0.2) is 23.4 Å². The van der Waals surface area contributed by atoms with E-state index in [1.54, 1.807) is 10.9 Å². The van der Waals surface area contributed by atoms with Crippen LogP contribution in [0.1, 0.15) is 39.8 Å². The van der Waals surface area contributed by atoms with Crippen LogP contribution in [0.2, 0.25) is 0 Å². The van der Waals surface area contributed by atoms with Gasteiger partial charge in [-0.2, -0.15) is 5.10 Å². The Morgan fingerprint density at radius 1 is 1.44 bits per heavy atom. The summed E-state index contributed by atoms with van der Waals surface area (Å²) in [5.41, 5.74) is 3.86. The van der Waals surface area contributed by atoms with Crippen molar-refractivity contribution in [3.05, 3.63) is 11.9 Å². The van der Waals surface area contributed by atoms with Crippen LogP contribution in [0, 0.1) is 5.41 Å². The van der Waals surface area contributed by atoms with Gasteiger partial charge in [-0.15, -0.1) is 0 Å². The van der Waals surface area contributed by atoms with Crippen molar-refractivity contribution in [2.24, 2.45) is 11.1 Å². The van der Waals surface area contributed by atoms with Crippen LogP contribution in [0.15, 0.2) is 6.20 Å². The second-order valence-electron chi connectivity index (χ2n) is 5.54. The second-order valence-corrected chi connectivity index (χ2v) is 5.54. The Balaban J connectivity index is 3.39. The van der Waals surface area contributed by atoms with E-state index in [4.69, 9.17) is 10.5 Å².